The van der Waals surface area contributed by atoms with Crippen LogP contribution < -0.4 is 0 Å². The van der Waals surface area contributed by atoms with Crippen LogP contribution in [0, 0.1) is 23.7 Å². The molecule has 55 heavy (non-hydrogen) atoms. The van der Waals surface area contributed by atoms with Crippen molar-refractivity contribution in [3.8, 4) is 0 Å². The van der Waals surface area contributed by atoms with E-state index in [2.05, 4.69) is 11.3 Å². The largest absolute Gasteiger partial charge is 0.426 e. The van der Waals surface area contributed by atoms with Crippen molar-refractivity contribution >= 4 is 0 Å². The van der Waals surface area contributed by atoms with Crippen molar-refractivity contribution in [3.05, 3.63) is 12.7 Å². The van der Waals surface area contributed by atoms with Gasteiger partial charge in [-0.15, -0.1) is 6.58 Å². The Bertz CT molecular complexity index is 1150. The summed E-state index contributed by atoms with van der Waals surface area (Å²) < 4.78 is 314. The van der Waals surface area contributed by atoms with Gasteiger partial charge in [0.25, 0.3) is 22.4 Å². The molecule has 0 radical (unpaired) electrons. The van der Waals surface area contributed by atoms with E-state index in [0.717, 1.165) is 0 Å². The topological polar surface area (TPSA) is 69.9 Å². The highest BCUT2D eigenvalue weighted by atomic mass is 19.4. The molecule has 328 valence electrons. The van der Waals surface area contributed by atoms with E-state index in [0.29, 0.717) is 6.08 Å². The van der Waals surface area contributed by atoms with E-state index >= 15 is 0 Å². The fourth-order valence-electron chi connectivity index (χ4n) is 6.81. The zero-order valence-electron chi connectivity index (χ0n) is 26.8. The van der Waals surface area contributed by atoms with Gasteiger partial charge in [-0.2, -0.15) is 105 Å². The number of hydrogen-bond donors (Lipinski definition) is 3. The summed E-state index contributed by atoms with van der Waals surface area (Å²) in [5, 5.41) is 27.6. The first kappa shape index (κ1) is 50.9. The molecule has 0 bridgehead atoms. The van der Waals surface area contributed by atoms with Gasteiger partial charge in [0.05, 0.1) is 6.61 Å². The van der Waals surface area contributed by atoms with Crippen molar-refractivity contribution in [2.45, 2.75) is 123 Å². The Kier molecular flexibility index (Phi) is 14.4. The van der Waals surface area contributed by atoms with Gasteiger partial charge in [0.2, 0.25) is 0 Å². The highest BCUT2D eigenvalue weighted by Gasteiger charge is 2.79. The molecule has 2 aliphatic rings. The molecule has 0 unspecified atom stereocenters. The fourth-order valence-corrected chi connectivity index (χ4v) is 6.81. The second kappa shape index (κ2) is 15.6. The van der Waals surface area contributed by atoms with Crippen LogP contribution in [0.1, 0.15) is 51.4 Å². The van der Waals surface area contributed by atoms with E-state index < -0.39 is 153 Å². The first-order valence-electron chi connectivity index (χ1n) is 14.9. The maximum Gasteiger partial charge on any atom is 0.426 e. The van der Waals surface area contributed by atoms with Crippen molar-refractivity contribution in [2.24, 2.45) is 23.7 Å². The van der Waals surface area contributed by atoms with Gasteiger partial charge >= 0.3 is 49.4 Å². The van der Waals surface area contributed by atoms with Crippen LogP contribution in [0.15, 0.2) is 12.7 Å². The Labute approximate surface area is 292 Å². The molecule has 0 amide bonds. The Hall–Kier alpha value is -2.10. The molecule has 2 aliphatic carbocycles. The molecule has 0 aromatic heterocycles. The Morgan fingerprint density at radius 1 is 0.364 bits per heavy atom. The quantitative estimate of drug-likeness (QED) is 0.176. The summed E-state index contributed by atoms with van der Waals surface area (Å²) in [6.07, 6.45) is -60.2. The van der Waals surface area contributed by atoms with Crippen molar-refractivity contribution in [2.75, 3.05) is 6.61 Å². The van der Waals surface area contributed by atoms with Gasteiger partial charge < -0.3 is 20.1 Å². The Morgan fingerprint density at radius 3 is 0.691 bits per heavy atom. The third-order valence-electron chi connectivity index (χ3n) is 9.67. The minimum atomic E-state index is -6.24. The third-order valence-corrected chi connectivity index (χ3v) is 9.67. The molecule has 0 spiro atoms. The first-order valence-corrected chi connectivity index (χ1v) is 14.9. The SMILES string of the molecule is C=CCOC(C1CCC(C(O)(C(F)(F)F)C(F)(F)F)CC1)(C(F)(F)F)C(F)(F)F.OC(C1CCC(C(O)(C(F)(F)F)C(F)(F)F)CC1)(C(F)(F)F)C(F)(F)F. The van der Waals surface area contributed by atoms with E-state index in [1.165, 1.54) is 0 Å². The lowest BCUT2D eigenvalue weighted by atomic mass is 9.67. The van der Waals surface area contributed by atoms with Crippen LogP contribution in [0.3, 0.4) is 0 Å². The first-order chi connectivity index (χ1) is 24.0. The second-order valence-corrected chi connectivity index (χ2v) is 12.7. The van der Waals surface area contributed by atoms with Crippen molar-refractivity contribution in [3.63, 3.8) is 0 Å². The highest BCUT2D eigenvalue weighted by Crippen LogP contribution is 2.59. The monoisotopic (exact) mass is 872 g/mol. The van der Waals surface area contributed by atoms with Crippen LogP contribution in [-0.4, -0.2) is 93.7 Å². The van der Waals surface area contributed by atoms with Gasteiger partial charge in [-0.05, 0) is 51.4 Å². The minimum Gasteiger partial charge on any atom is -0.373 e. The van der Waals surface area contributed by atoms with Gasteiger partial charge in [-0.1, -0.05) is 6.08 Å². The lowest BCUT2D eigenvalue weighted by Gasteiger charge is -2.47. The average Bonchev–Trinajstić information content (AvgIpc) is 2.96. The van der Waals surface area contributed by atoms with Gasteiger partial charge in [-0.25, -0.2) is 0 Å². The molecular weight excluding hydrogens is 844 g/mol. The van der Waals surface area contributed by atoms with E-state index in [1.807, 2.05) is 0 Å². The summed E-state index contributed by atoms with van der Waals surface area (Å²) in [5.41, 5.74) is -20.6. The maximum atomic E-state index is 13.4. The summed E-state index contributed by atoms with van der Waals surface area (Å²) in [6.45, 7) is 1.71. The molecule has 3 N–H and O–H groups in total. The summed E-state index contributed by atoms with van der Waals surface area (Å²) in [4.78, 5) is 0. The molecular formula is C27H28F24O4. The zero-order chi connectivity index (χ0) is 44.1. The predicted molar refractivity (Wildman–Crippen MR) is 133 cm³/mol. The van der Waals surface area contributed by atoms with Gasteiger partial charge in [0.1, 0.15) is 0 Å². The maximum absolute atomic E-state index is 13.4. The minimum absolute atomic E-state index is 0.587. The van der Waals surface area contributed by atoms with E-state index in [4.69, 9.17) is 10.2 Å². The van der Waals surface area contributed by atoms with Crippen molar-refractivity contribution < 1.29 is 125 Å². The number of halogens is 24. The second-order valence-electron chi connectivity index (χ2n) is 12.7. The normalized spacial score (nSPS) is 23.9. The Balaban J connectivity index is 0.000000553. The number of ether oxygens (including phenoxy) is 1. The van der Waals surface area contributed by atoms with E-state index in [-0.39, 0.29) is 0 Å². The highest BCUT2D eigenvalue weighted by molar-refractivity contribution is 5.08. The number of aliphatic hydroxyl groups is 3. The van der Waals surface area contributed by atoms with Gasteiger partial charge in [0.15, 0.2) is 0 Å². The van der Waals surface area contributed by atoms with Crippen LogP contribution in [0.25, 0.3) is 0 Å². The molecule has 0 atom stereocenters. The summed E-state index contributed by atoms with van der Waals surface area (Å²) in [7, 11) is 0. The average molecular weight is 872 g/mol. The molecule has 2 rings (SSSR count). The summed E-state index contributed by atoms with van der Waals surface area (Å²) >= 11 is 0. The van der Waals surface area contributed by atoms with Crippen LogP contribution in [0.2, 0.25) is 0 Å². The number of rotatable bonds is 7. The lowest BCUT2D eigenvalue weighted by Crippen LogP contribution is -2.66. The van der Waals surface area contributed by atoms with Crippen LogP contribution in [-0.2, 0) is 4.74 Å². The molecule has 2 saturated carbocycles. The standard InChI is InChI=1S/C15H16F12O2.C12H12F12O2/c1-2-7-29-11(14(22,23)24,15(25,26)27)9-5-3-8(4-6-9)10(28,12(16,17)18)13(19,20)21;13-9(14,15)7(25,10(16,17)18)5-1-2-6(4-3-5)8(26,11(19,20)21)12(22,23)24/h2,8-9,28H,1,3-7H2;5-6,25-26H,1-4H2. The van der Waals surface area contributed by atoms with Crippen LogP contribution >= 0.6 is 0 Å². The Morgan fingerprint density at radius 2 is 0.545 bits per heavy atom. The van der Waals surface area contributed by atoms with Gasteiger partial charge in [-0.3, -0.25) is 0 Å². The molecule has 0 aromatic rings. The molecule has 0 saturated heterocycles. The summed E-state index contributed by atoms with van der Waals surface area (Å²) in [6, 6.07) is 0. The smallest absolute Gasteiger partial charge is 0.373 e. The van der Waals surface area contributed by atoms with Crippen LogP contribution in [0.5, 0.6) is 0 Å². The lowest BCUT2D eigenvalue weighted by molar-refractivity contribution is -0.405. The third kappa shape index (κ3) is 9.14. The molecule has 0 aliphatic heterocycles. The predicted octanol–water partition coefficient (Wildman–Crippen LogP) is 10.2. The van der Waals surface area contributed by atoms with Crippen molar-refractivity contribution in [1.82, 2.24) is 0 Å². The fraction of sp³-hybridized carbons (Fsp3) is 0.926. The zero-order valence-corrected chi connectivity index (χ0v) is 26.8. The summed E-state index contributed by atoms with van der Waals surface area (Å²) in [5.74, 6) is -10.6. The van der Waals surface area contributed by atoms with Crippen LogP contribution in [0.4, 0.5) is 105 Å². The molecule has 2 fully saturated rings. The number of alkyl halides is 24. The molecule has 28 heteroatoms. The van der Waals surface area contributed by atoms with E-state index in [9.17, 15) is 110 Å². The molecule has 4 nitrogen and oxygen atoms in total. The van der Waals surface area contributed by atoms with Crippen molar-refractivity contribution in [1.29, 1.82) is 0 Å². The van der Waals surface area contributed by atoms with Gasteiger partial charge in [0, 0.05) is 23.7 Å². The molecule has 0 heterocycles. The van der Waals surface area contributed by atoms with E-state index in [1.54, 1.807) is 0 Å². The molecule has 0 aromatic carbocycles. The number of hydrogen-bond acceptors (Lipinski definition) is 4.